The Morgan fingerprint density at radius 3 is 2.18 bits per heavy atom. The Morgan fingerprint density at radius 2 is 1.55 bits per heavy atom. The maximum absolute atomic E-state index is 13.2. The third-order valence-electron chi connectivity index (χ3n) is 5.99. The number of halogens is 1. The molecule has 5 rings (SSSR count). The van der Waals surface area contributed by atoms with Gasteiger partial charge in [-0.05, 0) is 40.7 Å². The van der Waals surface area contributed by atoms with E-state index in [0.717, 1.165) is 28.8 Å². The van der Waals surface area contributed by atoms with Gasteiger partial charge in [0.1, 0.15) is 5.82 Å². The molecule has 0 saturated heterocycles. The van der Waals surface area contributed by atoms with Gasteiger partial charge < -0.3 is 9.97 Å². The van der Waals surface area contributed by atoms with Gasteiger partial charge in [-0.3, -0.25) is 0 Å². The standard InChI is InChI=1S/C18H13FN.C15H18NSi.Ir/c19-17-9-10-20-18(13-17)16-8-4-7-15(12-16)11-14-5-2-1-3-6-14;1-12-5-7-13(8-6-12)15-10-9-14(11-16-15)17(2,3)4;/h1-7,9-10,12-13H,11H2;5-7,9-11H,1-4H3;/q2*-1;. The summed E-state index contributed by atoms with van der Waals surface area (Å²) in [5, 5.41) is 1.40. The fourth-order valence-corrected chi connectivity index (χ4v) is 4.85. The predicted molar refractivity (Wildman–Crippen MR) is 154 cm³/mol. The first kappa shape index (κ1) is 29.3. The van der Waals surface area contributed by atoms with Crippen molar-refractivity contribution in [2.45, 2.75) is 33.0 Å². The Bertz CT molecular complexity index is 1430. The molecule has 0 fully saturated rings. The minimum atomic E-state index is -1.24. The fourth-order valence-electron chi connectivity index (χ4n) is 3.81. The van der Waals surface area contributed by atoms with Crippen LogP contribution in [0.25, 0.3) is 22.5 Å². The zero-order chi connectivity index (χ0) is 26.3. The maximum atomic E-state index is 13.2. The van der Waals surface area contributed by atoms with E-state index in [0.29, 0.717) is 5.69 Å². The zero-order valence-corrected chi connectivity index (χ0v) is 25.5. The molecule has 5 aromatic rings. The van der Waals surface area contributed by atoms with Crippen molar-refractivity contribution in [2.24, 2.45) is 0 Å². The largest absolute Gasteiger partial charge is 0.305 e. The van der Waals surface area contributed by atoms with Crippen LogP contribution in [0.5, 0.6) is 0 Å². The van der Waals surface area contributed by atoms with E-state index < -0.39 is 8.07 Å². The molecular weight excluding hydrogens is 664 g/mol. The number of pyridine rings is 2. The molecular formula is C33H31FIrN2Si-2. The van der Waals surface area contributed by atoms with Crippen molar-refractivity contribution in [1.82, 2.24) is 9.97 Å². The first-order valence-electron chi connectivity index (χ1n) is 12.4. The maximum Gasteiger partial charge on any atom is 0.117 e. The Labute approximate surface area is 240 Å². The quantitative estimate of drug-likeness (QED) is 0.139. The molecule has 0 N–H and O–H groups in total. The van der Waals surface area contributed by atoms with Gasteiger partial charge in [0.15, 0.2) is 0 Å². The van der Waals surface area contributed by atoms with Gasteiger partial charge in [-0.15, -0.1) is 70.8 Å². The Hall–Kier alpha value is -3.24. The van der Waals surface area contributed by atoms with Gasteiger partial charge in [-0.2, -0.15) is 0 Å². The summed E-state index contributed by atoms with van der Waals surface area (Å²) in [6, 6.07) is 35.8. The molecule has 2 aromatic heterocycles. The van der Waals surface area contributed by atoms with E-state index in [1.807, 2.05) is 48.7 Å². The van der Waals surface area contributed by atoms with E-state index in [1.165, 1.54) is 34.6 Å². The van der Waals surface area contributed by atoms with E-state index in [4.69, 9.17) is 0 Å². The summed E-state index contributed by atoms with van der Waals surface area (Å²) in [4.78, 5) is 8.74. The molecule has 0 saturated carbocycles. The van der Waals surface area contributed by atoms with Crippen LogP contribution in [-0.2, 0) is 26.5 Å². The minimum Gasteiger partial charge on any atom is -0.305 e. The zero-order valence-electron chi connectivity index (χ0n) is 22.1. The van der Waals surface area contributed by atoms with E-state index >= 15 is 0 Å². The number of hydrogen-bond acceptors (Lipinski definition) is 2. The molecule has 0 aliphatic rings. The second-order valence-corrected chi connectivity index (χ2v) is 15.2. The number of aromatic nitrogens is 2. The summed E-state index contributed by atoms with van der Waals surface area (Å²) in [6.45, 7) is 9.08. The van der Waals surface area contributed by atoms with Crippen LogP contribution in [-0.4, -0.2) is 18.0 Å². The summed E-state index contributed by atoms with van der Waals surface area (Å²) in [7, 11) is -1.24. The first-order chi connectivity index (χ1) is 17.8. The molecule has 0 aliphatic heterocycles. The second-order valence-electron chi connectivity index (χ2n) is 10.1. The molecule has 0 spiro atoms. The summed E-state index contributed by atoms with van der Waals surface area (Å²) in [6.07, 6.45) is 4.34. The molecule has 38 heavy (non-hydrogen) atoms. The van der Waals surface area contributed by atoms with Crippen LogP contribution in [0.2, 0.25) is 19.6 Å². The average molecular weight is 695 g/mol. The molecule has 3 aromatic carbocycles. The third-order valence-corrected chi connectivity index (χ3v) is 8.02. The topological polar surface area (TPSA) is 25.8 Å². The molecule has 0 unspecified atom stereocenters. The van der Waals surface area contributed by atoms with E-state index in [9.17, 15) is 4.39 Å². The Balaban J connectivity index is 0.000000208. The number of rotatable bonds is 5. The van der Waals surface area contributed by atoms with Crippen LogP contribution in [0.15, 0.2) is 103 Å². The SMILES string of the molecule is Cc1c[c-]c(-c2ccc([Si](C)(C)C)cn2)cc1.Fc1ccnc(-c2[c-]ccc(Cc3ccccc3)c2)c1.[Ir]. The van der Waals surface area contributed by atoms with Crippen molar-refractivity contribution in [3.63, 3.8) is 0 Å². The average Bonchev–Trinajstić information content (AvgIpc) is 2.90. The van der Waals surface area contributed by atoms with Gasteiger partial charge in [0.25, 0.3) is 0 Å². The van der Waals surface area contributed by atoms with Crippen molar-refractivity contribution in [1.29, 1.82) is 0 Å². The van der Waals surface area contributed by atoms with Crippen LogP contribution in [0.4, 0.5) is 4.39 Å². The van der Waals surface area contributed by atoms with Gasteiger partial charge in [0.2, 0.25) is 0 Å². The minimum absolute atomic E-state index is 0. The molecule has 195 valence electrons. The monoisotopic (exact) mass is 695 g/mol. The number of benzene rings is 3. The van der Waals surface area contributed by atoms with E-state index in [1.54, 1.807) is 0 Å². The number of nitrogens with zero attached hydrogens (tertiary/aromatic N) is 2. The van der Waals surface area contributed by atoms with Gasteiger partial charge in [-0.25, -0.2) is 4.39 Å². The first-order valence-corrected chi connectivity index (χ1v) is 15.9. The van der Waals surface area contributed by atoms with Crippen molar-refractivity contribution >= 4 is 13.3 Å². The molecule has 0 bridgehead atoms. The molecule has 2 nitrogen and oxygen atoms in total. The van der Waals surface area contributed by atoms with Crippen LogP contribution in [0.1, 0.15) is 16.7 Å². The fraction of sp³-hybridized carbons (Fsp3) is 0.152. The van der Waals surface area contributed by atoms with Crippen molar-refractivity contribution in [2.75, 3.05) is 0 Å². The second kappa shape index (κ2) is 13.5. The van der Waals surface area contributed by atoms with Crippen LogP contribution >= 0.6 is 0 Å². The Morgan fingerprint density at radius 1 is 0.763 bits per heavy atom. The normalized spacial score (nSPS) is 10.7. The van der Waals surface area contributed by atoms with Crippen molar-refractivity contribution < 1.29 is 24.5 Å². The van der Waals surface area contributed by atoms with Gasteiger partial charge in [0.05, 0.1) is 8.07 Å². The molecule has 5 heteroatoms. The molecule has 0 aliphatic carbocycles. The number of hydrogen-bond donors (Lipinski definition) is 0. The molecule has 2 heterocycles. The van der Waals surface area contributed by atoms with Crippen LogP contribution in [0.3, 0.4) is 0 Å². The summed E-state index contributed by atoms with van der Waals surface area (Å²) in [5.74, 6) is -0.281. The van der Waals surface area contributed by atoms with Gasteiger partial charge in [-0.1, -0.05) is 69.0 Å². The number of aryl methyl sites for hydroxylation is 1. The third kappa shape index (κ3) is 8.39. The summed E-state index contributed by atoms with van der Waals surface area (Å²) < 4.78 is 13.2. The summed E-state index contributed by atoms with van der Waals surface area (Å²) in [5.41, 5.74) is 7.14. The van der Waals surface area contributed by atoms with Crippen LogP contribution in [0, 0.1) is 24.9 Å². The van der Waals surface area contributed by atoms with Crippen molar-refractivity contribution in [3.05, 3.63) is 138 Å². The summed E-state index contributed by atoms with van der Waals surface area (Å²) >= 11 is 0. The smallest absolute Gasteiger partial charge is 0.117 e. The van der Waals surface area contributed by atoms with Crippen molar-refractivity contribution in [3.8, 4) is 22.5 Å². The molecule has 0 atom stereocenters. The van der Waals surface area contributed by atoms with Gasteiger partial charge in [0, 0.05) is 32.5 Å². The predicted octanol–water partition coefficient (Wildman–Crippen LogP) is 7.68. The molecule has 1 radical (unpaired) electrons. The Kier molecular flexibility index (Phi) is 10.4. The molecule has 0 amide bonds. The van der Waals surface area contributed by atoms with Crippen LogP contribution < -0.4 is 5.19 Å². The van der Waals surface area contributed by atoms with Gasteiger partial charge >= 0.3 is 0 Å². The van der Waals surface area contributed by atoms with E-state index in [2.05, 4.69) is 85.1 Å². The van der Waals surface area contributed by atoms with E-state index in [-0.39, 0.29) is 25.9 Å².